The van der Waals surface area contributed by atoms with E-state index in [-0.39, 0.29) is 17.8 Å². The molecule has 0 fully saturated rings. The Morgan fingerprint density at radius 3 is 2.45 bits per heavy atom. The third kappa shape index (κ3) is 3.55. The molecule has 2 heterocycles. The smallest absolute Gasteiger partial charge is 0.332 e. The van der Waals surface area contributed by atoms with Crippen molar-refractivity contribution in [2.45, 2.75) is 26.9 Å². The predicted molar refractivity (Wildman–Crippen MR) is 109 cm³/mol. The Morgan fingerprint density at radius 2 is 1.83 bits per heavy atom. The minimum atomic E-state index is -0.945. The van der Waals surface area contributed by atoms with Gasteiger partial charge in [0, 0.05) is 20.1 Å². The van der Waals surface area contributed by atoms with Crippen molar-refractivity contribution in [1.29, 1.82) is 0 Å². The minimum Gasteiger partial charge on any atom is -0.493 e. The lowest BCUT2D eigenvalue weighted by Crippen LogP contribution is -2.39. The summed E-state index contributed by atoms with van der Waals surface area (Å²) < 4.78 is 26.9. The molecule has 0 unspecified atom stereocenters. The molecule has 3 aromatic rings. The van der Waals surface area contributed by atoms with E-state index in [4.69, 9.17) is 9.47 Å². The van der Waals surface area contributed by atoms with Crippen LogP contribution in [0.5, 0.6) is 11.5 Å². The second-order valence-electron chi connectivity index (χ2n) is 6.27. The highest BCUT2D eigenvalue weighted by atomic mass is 19.1. The largest absolute Gasteiger partial charge is 0.493 e. The van der Waals surface area contributed by atoms with Gasteiger partial charge in [0.15, 0.2) is 22.7 Å². The molecule has 0 atom stereocenters. The van der Waals surface area contributed by atoms with Gasteiger partial charge in [-0.25, -0.2) is 14.2 Å². The Kier molecular flexibility index (Phi) is 5.86. The molecular formula is C20H23FN4O4. The zero-order chi connectivity index (χ0) is 21.1. The number of hydrogen-bond donors (Lipinski definition) is 0. The summed E-state index contributed by atoms with van der Waals surface area (Å²) in [5.74, 6) is 1.23. The monoisotopic (exact) mass is 402 g/mol. The van der Waals surface area contributed by atoms with Gasteiger partial charge in [0.25, 0.3) is 5.56 Å². The van der Waals surface area contributed by atoms with Gasteiger partial charge in [-0.05, 0) is 37.6 Å². The Labute approximate surface area is 166 Å². The maximum Gasteiger partial charge on any atom is 0.332 e. The average molecular weight is 402 g/mol. The number of benzene rings is 1. The van der Waals surface area contributed by atoms with E-state index >= 15 is 0 Å². The van der Waals surface area contributed by atoms with Gasteiger partial charge < -0.3 is 14.0 Å². The summed E-state index contributed by atoms with van der Waals surface area (Å²) in [7, 11) is 3.21. The molecule has 0 saturated heterocycles. The van der Waals surface area contributed by atoms with E-state index in [0.29, 0.717) is 35.0 Å². The zero-order valence-electron chi connectivity index (χ0n) is 16.8. The first-order chi connectivity index (χ1) is 14.0. The molecular weight excluding hydrogens is 379 g/mol. The van der Waals surface area contributed by atoms with E-state index in [1.807, 2.05) is 6.92 Å². The van der Waals surface area contributed by atoms with E-state index < -0.39 is 6.86 Å². The second-order valence-corrected chi connectivity index (χ2v) is 6.27. The minimum absolute atomic E-state index is 0.289. The lowest BCUT2D eigenvalue weighted by molar-refractivity contribution is 0.184. The SMILES string of the molecule is CCn1c(=O)c2c(nc(C=Cc3ccc(OCF)c(OC)c3)n2C)n(CC)c1=O. The molecule has 0 aliphatic carbocycles. The molecule has 0 bridgehead atoms. The number of imidazole rings is 1. The van der Waals surface area contributed by atoms with Crippen LogP contribution in [0.2, 0.25) is 0 Å². The van der Waals surface area contributed by atoms with Crippen molar-refractivity contribution in [2.24, 2.45) is 7.05 Å². The van der Waals surface area contributed by atoms with Gasteiger partial charge in [-0.1, -0.05) is 12.1 Å². The molecule has 1 aromatic carbocycles. The van der Waals surface area contributed by atoms with Crippen LogP contribution in [0.3, 0.4) is 0 Å². The van der Waals surface area contributed by atoms with E-state index in [2.05, 4.69) is 4.98 Å². The van der Waals surface area contributed by atoms with Crippen molar-refractivity contribution < 1.29 is 13.9 Å². The highest BCUT2D eigenvalue weighted by molar-refractivity contribution is 5.77. The number of nitrogens with zero attached hydrogens (tertiary/aromatic N) is 4. The lowest BCUT2D eigenvalue weighted by atomic mass is 10.2. The molecule has 2 aromatic heterocycles. The molecule has 154 valence electrons. The van der Waals surface area contributed by atoms with Crippen LogP contribution in [0.25, 0.3) is 23.3 Å². The first-order valence-electron chi connectivity index (χ1n) is 9.21. The fourth-order valence-electron chi connectivity index (χ4n) is 3.23. The summed E-state index contributed by atoms with van der Waals surface area (Å²) in [6.07, 6.45) is 3.53. The molecule has 0 aliphatic rings. The Hall–Kier alpha value is -3.36. The van der Waals surface area contributed by atoms with Crippen molar-refractivity contribution in [1.82, 2.24) is 18.7 Å². The van der Waals surface area contributed by atoms with Crippen molar-refractivity contribution in [3.8, 4) is 11.5 Å². The summed E-state index contributed by atoms with van der Waals surface area (Å²) in [6.45, 7) is 3.35. The maximum absolute atomic E-state index is 12.7. The number of halogens is 1. The molecule has 0 aliphatic heterocycles. The predicted octanol–water partition coefficient (Wildman–Crippen LogP) is 2.42. The molecule has 8 nitrogen and oxygen atoms in total. The third-order valence-electron chi connectivity index (χ3n) is 4.73. The van der Waals surface area contributed by atoms with Crippen molar-refractivity contribution in [3.63, 3.8) is 0 Å². The number of aromatic nitrogens is 4. The molecule has 0 radical (unpaired) electrons. The summed E-state index contributed by atoms with van der Waals surface area (Å²) in [5.41, 5.74) is 0.783. The van der Waals surface area contributed by atoms with Crippen LogP contribution in [-0.2, 0) is 20.1 Å². The standard InChI is InChI=1S/C20H23FN4O4/c1-5-24-18-17(19(26)25(6-2)20(24)27)23(3)16(22-18)10-8-13-7-9-14(29-12-21)15(11-13)28-4/h7-11H,5-6,12H2,1-4H3. The molecule has 0 saturated carbocycles. The number of rotatable bonds is 7. The van der Waals surface area contributed by atoms with E-state index in [9.17, 15) is 14.0 Å². The molecule has 0 N–H and O–H groups in total. The van der Waals surface area contributed by atoms with E-state index in [1.165, 1.54) is 16.2 Å². The Morgan fingerprint density at radius 1 is 1.10 bits per heavy atom. The summed E-state index contributed by atoms with van der Waals surface area (Å²) >= 11 is 0. The number of methoxy groups -OCH3 is 1. The van der Waals surface area contributed by atoms with Crippen LogP contribution < -0.4 is 20.7 Å². The molecule has 0 spiro atoms. The van der Waals surface area contributed by atoms with Crippen LogP contribution in [0.15, 0.2) is 27.8 Å². The van der Waals surface area contributed by atoms with Crippen LogP contribution >= 0.6 is 0 Å². The van der Waals surface area contributed by atoms with Crippen molar-refractivity contribution in [2.75, 3.05) is 14.0 Å². The van der Waals surface area contributed by atoms with Gasteiger partial charge in [-0.2, -0.15) is 0 Å². The van der Waals surface area contributed by atoms with Crippen molar-refractivity contribution >= 4 is 23.3 Å². The molecule has 9 heteroatoms. The van der Waals surface area contributed by atoms with Gasteiger partial charge in [0.1, 0.15) is 5.82 Å². The van der Waals surface area contributed by atoms with Crippen LogP contribution in [0.1, 0.15) is 25.2 Å². The summed E-state index contributed by atoms with van der Waals surface area (Å²) in [5, 5.41) is 0. The van der Waals surface area contributed by atoms with E-state index in [0.717, 1.165) is 5.56 Å². The number of hydrogen-bond acceptors (Lipinski definition) is 5. The fourth-order valence-corrected chi connectivity index (χ4v) is 3.23. The summed E-state index contributed by atoms with van der Waals surface area (Å²) in [4.78, 5) is 29.8. The Bertz CT molecular complexity index is 1190. The first kappa shape index (κ1) is 20.4. The highest BCUT2D eigenvalue weighted by Gasteiger charge is 2.17. The lowest BCUT2D eigenvalue weighted by Gasteiger charge is -2.08. The topological polar surface area (TPSA) is 80.3 Å². The highest BCUT2D eigenvalue weighted by Crippen LogP contribution is 2.28. The Balaban J connectivity index is 2.10. The maximum atomic E-state index is 12.7. The van der Waals surface area contributed by atoms with Gasteiger partial charge in [-0.15, -0.1) is 0 Å². The van der Waals surface area contributed by atoms with Gasteiger partial charge in [0.05, 0.1) is 7.11 Å². The first-order valence-corrected chi connectivity index (χ1v) is 9.21. The van der Waals surface area contributed by atoms with Crippen LogP contribution in [0.4, 0.5) is 4.39 Å². The van der Waals surface area contributed by atoms with Gasteiger partial charge in [-0.3, -0.25) is 13.9 Å². The number of aryl methyl sites for hydroxylation is 2. The average Bonchev–Trinajstić information content (AvgIpc) is 3.04. The number of fused-ring (bicyclic) bond motifs is 1. The number of alkyl halides is 1. The third-order valence-corrected chi connectivity index (χ3v) is 4.73. The summed E-state index contributed by atoms with van der Waals surface area (Å²) in [6, 6.07) is 5.07. The van der Waals surface area contributed by atoms with Crippen LogP contribution in [0, 0.1) is 0 Å². The zero-order valence-corrected chi connectivity index (χ0v) is 16.8. The van der Waals surface area contributed by atoms with Gasteiger partial charge in [0.2, 0.25) is 6.86 Å². The van der Waals surface area contributed by atoms with Crippen molar-refractivity contribution in [3.05, 3.63) is 50.4 Å². The normalized spacial score (nSPS) is 11.5. The van der Waals surface area contributed by atoms with Crippen LogP contribution in [-0.4, -0.2) is 32.7 Å². The molecule has 3 rings (SSSR count). The van der Waals surface area contributed by atoms with E-state index in [1.54, 1.807) is 48.9 Å². The molecule has 0 amide bonds. The second kappa shape index (κ2) is 8.34. The quantitative estimate of drug-likeness (QED) is 0.606. The number of ether oxygens (including phenoxy) is 2. The fraction of sp³-hybridized carbons (Fsp3) is 0.350. The van der Waals surface area contributed by atoms with Gasteiger partial charge >= 0.3 is 5.69 Å². The molecule has 29 heavy (non-hydrogen) atoms.